The standard InChI is InChI=1S/C18H19N3O2/c1-11-5-12(2)7-14(6-11)20-18-19-10-13-8-16(22-3)17(23-4)9-15(13)21-18/h5-10H,1-4H3,(H,19,20,21). The Bertz CT molecular complexity index is 842. The molecule has 0 aliphatic heterocycles. The average Bonchev–Trinajstić information content (AvgIpc) is 2.52. The van der Waals surface area contributed by atoms with Gasteiger partial charge in [-0.15, -0.1) is 0 Å². The van der Waals surface area contributed by atoms with Gasteiger partial charge < -0.3 is 14.8 Å². The second kappa shape index (κ2) is 6.12. The third-order valence-electron chi connectivity index (χ3n) is 3.56. The van der Waals surface area contributed by atoms with Crippen LogP contribution in [0.3, 0.4) is 0 Å². The fourth-order valence-corrected chi connectivity index (χ4v) is 2.59. The molecule has 0 saturated carbocycles. The highest BCUT2D eigenvalue weighted by molar-refractivity contribution is 5.83. The van der Waals surface area contributed by atoms with Gasteiger partial charge in [0, 0.05) is 23.3 Å². The van der Waals surface area contributed by atoms with Gasteiger partial charge in [-0.05, 0) is 43.2 Å². The molecule has 23 heavy (non-hydrogen) atoms. The molecule has 0 fully saturated rings. The lowest BCUT2D eigenvalue weighted by Gasteiger charge is -2.10. The molecule has 5 nitrogen and oxygen atoms in total. The zero-order valence-corrected chi connectivity index (χ0v) is 13.7. The highest BCUT2D eigenvalue weighted by Gasteiger charge is 2.08. The Hall–Kier alpha value is -2.82. The van der Waals surface area contributed by atoms with E-state index in [2.05, 4.69) is 47.3 Å². The summed E-state index contributed by atoms with van der Waals surface area (Å²) in [5.41, 5.74) is 4.16. The Kier molecular flexibility index (Phi) is 4.02. The van der Waals surface area contributed by atoms with Gasteiger partial charge in [0.05, 0.1) is 19.7 Å². The van der Waals surface area contributed by atoms with Gasteiger partial charge in [0.25, 0.3) is 0 Å². The topological polar surface area (TPSA) is 56.3 Å². The van der Waals surface area contributed by atoms with Crippen LogP contribution < -0.4 is 14.8 Å². The lowest BCUT2D eigenvalue weighted by Crippen LogP contribution is -1.98. The van der Waals surface area contributed by atoms with E-state index in [9.17, 15) is 0 Å². The van der Waals surface area contributed by atoms with Crippen molar-refractivity contribution < 1.29 is 9.47 Å². The molecule has 0 aliphatic carbocycles. The van der Waals surface area contributed by atoms with Crippen molar-refractivity contribution in [1.29, 1.82) is 0 Å². The number of fused-ring (bicyclic) bond motifs is 1. The van der Waals surface area contributed by atoms with Crippen LogP contribution in [0.15, 0.2) is 36.5 Å². The zero-order valence-electron chi connectivity index (χ0n) is 13.7. The number of rotatable bonds is 4. The third kappa shape index (κ3) is 3.18. The maximum Gasteiger partial charge on any atom is 0.227 e. The number of anilines is 2. The van der Waals surface area contributed by atoms with Crippen molar-refractivity contribution >= 4 is 22.5 Å². The first-order valence-electron chi connectivity index (χ1n) is 7.33. The molecule has 1 N–H and O–H groups in total. The summed E-state index contributed by atoms with van der Waals surface area (Å²) in [5, 5.41) is 4.15. The minimum atomic E-state index is 0.551. The van der Waals surface area contributed by atoms with Crippen molar-refractivity contribution in [2.75, 3.05) is 19.5 Å². The van der Waals surface area contributed by atoms with Crippen molar-refractivity contribution in [2.24, 2.45) is 0 Å². The second-order valence-corrected chi connectivity index (χ2v) is 5.46. The molecule has 1 aromatic heterocycles. The molecule has 118 valence electrons. The summed E-state index contributed by atoms with van der Waals surface area (Å²) in [6.07, 6.45) is 1.77. The monoisotopic (exact) mass is 309 g/mol. The number of methoxy groups -OCH3 is 2. The molecule has 0 saturated heterocycles. The highest BCUT2D eigenvalue weighted by atomic mass is 16.5. The predicted octanol–water partition coefficient (Wildman–Crippen LogP) is 4.01. The number of aromatic nitrogens is 2. The van der Waals surface area contributed by atoms with Gasteiger partial charge in [0.2, 0.25) is 5.95 Å². The Balaban J connectivity index is 1.99. The molecule has 3 rings (SSSR count). The van der Waals surface area contributed by atoms with Gasteiger partial charge in [0.15, 0.2) is 11.5 Å². The average molecular weight is 309 g/mol. The maximum atomic E-state index is 5.33. The number of aryl methyl sites for hydroxylation is 2. The van der Waals surface area contributed by atoms with E-state index in [0.29, 0.717) is 17.4 Å². The number of nitrogens with zero attached hydrogens (tertiary/aromatic N) is 2. The van der Waals surface area contributed by atoms with Crippen molar-refractivity contribution in [3.05, 3.63) is 47.7 Å². The quantitative estimate of drug-likeness (QED) is 0.789. The first-order valence-corrected chi connectivity index (χ1v) is 7.33. The molecule has 0 unspecified atom stereocenters. The number of nitrogens with one attached hydrogen (secondary N) is 1. The minimum absolute atomic E-state index is 0.551. The molecule has 2 aromatic carbocycles. The number of ether oxygens (including phenoxy) is 2. The minimum Gasteiger partial charge on any atom is -0.493 e. The molecular weight excluding hydrogens is 290 g/mol. The summed E-state index contributed by atoms with van der Waals surface area (Å²) in [4.78, 5) is 8.93. The zero-order chi connectivity index (χ0) is 16.4. The summed E-state index contributed by atoms with van der Waals surface area (Å²) in [5.74, 6) is 1.87. The fraction of sp³-hybridized carbons (Fsp3) is 0.222. The molecule has 0 amide bonds. The van der Waals surface area contributed by atoms with Crippen molar-refractivity contribution in [3.8, 4) is 11.5 Å². The molecule has 3 aromatic rings. The summed E-state index contributed by atoms with van der Waals surface area (Å²) in [6.45, 7) is 4.13. The molecule has 0 spiro atoms. The molecule has 0 radical (unpaired) electrons. The van der Waals surface area contributed by atoms with Gasteiger partial charge in [0.1, 0.15) is 0 Å². The van der Waals surface area contributed by atoms with E-state index in [1.54, 1.807) is 20.4 Å². The normalized spacial score (nSPS) is 10.6. The molecular formula is C18H19N3O2. The van der Waals surface area contributed by atoms with Gasteiger partial charge in [-0.1, -0.05) is 6.07 Å². The van der Waals surface area contributed by atoms with E-state index >= 15 is 0 Å². The Morgan fingerprint density at radius 3 is 2.17 bits per heavy atom. The van der Waals surface area contributed by atoms with Crippen LogP contribution in [-0.2, 0) is 0 Å². The van der Waals surface area contributed by atoms with Crippen molar-refractivity contribution in [3.63, 3.8) is 0 Å². The van der Waals surface area contributed by atoms with E-state index in [1.807, 2.05) is 12.1 Å². The van der Waals surface area contributed by atoms with Crippen LogP contribution in [0.1, 0.15) is 11.1 Å². The summed E-state index contributed by atoms with van der Waals surface area (Å²) < 4.78 is 10.6. The first-order chi connectivity index (χ1) is 11.1. The summed E-state index contributed by atoms with van der Waals surface area (Å²) >= 11 is 0. The van der Waals surface area contributed by atoms with Crippen molar-refractivity contribution in [1.82, 2.24) is 9.97 Å². The van der Waals surface area contributed by atoms with Gasteiger partial charge in [-0.2, -0.15) is 0 Å². The molecule has 0 atom stereocenters. The van der Waals surface area contributed by atoms with E-state index in [4.69, 9.17) is 9.47 Å². The van der Waals surface area contributed by atoms with Crippen LogP contribution in [0.5, 0.6) is 11.5 Å². The van der Waals surface area contributed by atoms with Gasteiger partial charge >= 0.3 is 0 Å². The van der Waals surface area contributed by atoms with Crippen LogP contribution in [0.2, 0.25) is 0 Å². The summed E-state index contributed by atoms with van der Waals surface area (Å²) in [7, 11) is 3.22. The highest BCUT2D eigenvalue weighted by Crippen LogP contribution is 2.31. The van der Waals surface area contributed by atoms with E-state index < -0.39 is 0 Å². The van der Waals surface area contributed by atoms with E-state index in [0.717, 1.165) is 16.6 Å². The van der Waals surface area contributed by atoms with Crippen molar-refractivity contribution in [2.45, 2.75) is 13.8 Å². The Morgan fingerprint density at radius 2 is 1.52 bits per heavy atom. The predicted molar refractivity (Wildman–Crippen MR) is 91.8 cm³/mol. The van der Waals surface area contributed by atoms with Crippen LogP contribution in [0, 0.1) is 13.8 Å². The van der Waals surface area contributed by atoms with Crippen LogP contribution >= 0.6 is 0 Å². The van der Waals surface area contributed by atoms with Crippen LogP contribution in [0.25, 0.3) is 10.9 Å². The molecule has 0 bridgehead atoms. The fourth-order valence-electron chi connectivity index (χ4n) is 2.59. The van der Waals surface area contributed by atoms with Gasteiger partial charge in [-0.3, -0.25) is 0 Å². The third-order valence-corrected chi connectivity index (χ3v) is 3.56. The number of hydrogen-bond acceptors (Lipinski definition) is 5. The van der Waals surface area contributed by atoms with E-state index in [-0.39, 0.29) is 0 Å². The summed E-state index contributed by atoms with van der Waals surface area (Å²) in [6, 6.07) is 9.98. The number of benzene rings is 2. The Morgan fingerprint density at radius 1 is 0.870 bits per heavy atom. The van der Waals surface area contributed by atoms with Crippen LogP contribution in [0.4, 0.5) is 11.6 Å². The number of hydrogen-bond donors (Lipinski definition) is 1. The SMILES string of the molecule is COc1cc2cnc(Nc3cc(C)cc(C)c3)nc2cc1OC. The lowest BCUT2D eigenvalue weighted by atomic mass is 10.1. The van der Waals surface area contributed by atoms with Crippen LogP contribution in [-0.4, -0.2) is 24.2 Å². The van der Waals surface area contributed by atoms with E-state index in [1.165, 1.54) is 11.1 Å². The largest absolute Gasteiger partial charge is 0.493 e. The molecule has 5 heteroatoms. The Labute approximate surface area is 135 Å². The molecule has 0 aliphatic rings. The van der Waals surface area contributed by atoms with Gasteiger partial charge in [-0.25, -0.2) is 9.97 Å². The lowest BCUT2D eigenvalue weighted by molar-refractivity contribution is 0.356. The second-order valence-electron chi connectivity index (χ2n) is 5.46. The first kappa shape index (κ1) is 15.1. The molecule has 1 heterocycles. The maximum absolute atomic E-state index is 5.33. The smallest absolute Gasteiger partial charge is 0.227 e.